The molecule has 1 amide bonds. The minimum atomic E-state index is -0.0868. The summed E-state index contributed by atoms with van der Waals surface area (Å²) in [5, 5.41) is 12.4. The van der Waals surface area contributed by atoms with Crippen LogP contribution in [0.2, 0.25) is 0 Å². The van der Waals surface area contributed by atoms with E-state index in [1.165, 1.54) is 0 Å². The fraction of sp³-hybridized carbons (Fsp3) is 0.500. The molecule has 1 aromatic carbocycles. The van der Waals surface area contributed by atoms with Crippen LogP contribution >= 0.6 is 0 Å². The molecule has 1 aliphatic heterocycles. The van der Waals surface area contributed by atoms with Gasteiger partial charge in [0.05, 0.1) is 5.69 Å². The Bertz CT molecular complexity index is 499. The zero-order valence-electron chi connectivity index (χ0n) is 10.9. The lowest BCUT2D eigenvalue weighted by molar-refractivity contribution is -0.122. The number of benzene rings is 1. The maximum absolute atomic E-state index is 11.5. The zero-order chi connectivity index (χ0) is 13.4. The van der Waals surface area contributed by atoms with Gasteiger partial charge in [-0.25, -0.2) is 0 Å². The molecule has 0 radical (unpaired) electrons. The Kier molecular flexibility index (Phi) is 2.97. The van der Waals surface area contributed by atoms with Crippen molar-refractivity contribution in [1.82, 2.24) is 5.32 Å². The van der Waals surface area contributed by atoms with Crippen molar-refractivity contribution >= 4 is 11.6 Å². The summed E-state index contributed by atoms with van der Waals surface area (Å²) in [6.07, 6.45) is 2.69. The Morgan fingerprint density at radius 1 is 1.53 bits per heavy atom. The molecule has 1 fully saturated rings. The fourth-order valence-corrected chi connectivity index (χ4v) is 2.33. The van der Waals surface area contributed by atoms with Crippen LogP contribution in [0, 0.1) is 5.92 Å². The number of nitrogens with one attached hydrogen (secondary N) is 1. The van der Waals surface area contributed by atoms with Gasteiger partial charge in [-0.05, 0) is 25.0 Å². The molecule has 1 saturated carbocycles. The van der Waals surface area contributed by atoms with Gasteiger partial charge in [0, 0.05) is 32.0 Å². The van der Waals surface area contributed by atoms with Gasteiger partial charge in [-0.1, -0.05) is 0 Å². The lowest BCUT2D eigenvalue weighted by Crippen LogP contribution is -2.36. The first-order chi connectivity index (χ1) is 9.15. The van der Waals surface area contributed by atoms with Gasteiger partial charge in [0.2, 0.25) is 5.91 Å². The third-order valence-corrected chi connectivity index (χ3v) is 3.66. The molecule has 1 unspecified atom stereocenters. The predicted octanol–water partition coefficient (Wildman–Crippen LogP) is 1.46. The lowest BCUT2D eigenvalue weighted by atomic mass is 10.2. The van der Waals surface area contributed by atoms with Crippen LogP contribution < -0.4 is 15.0 Å². The monoisotopic (exact) mass is 262 g/mol. The number of hydrogen-bond acceptors (Lipinski definition) is 4. The molecule has 5 heteroatoms. The summed E-state index contributed by atoms with van der Waals surface area (Å²) in [6.45, 7) is 0.615. The number of amides is 1. The number of aromatic hydroxyl groups is 1. The van der Waals surface area contributed by atoms with Gasteiger partial charge in [0.25, 0.3) is 0 Å². The van der Waals surface area contributed by atoms with Crippen molar-refractivity contribution in [1.29, 1.82) is 0 Å². The molecule has 2 aliphatic rings. The smallest absolute Gasteiger partial charge is 0.223 e. The number of nitrogens with zero attached hydrogens (tertiary/aromatic N) is 1. The third-order valence-electron chi connectivity index (χ3n) is 3.66. The van der Waals surface area contributed by atoms with E-state index in [1.807, 2.05) is 18.0 Å². The standard InChI is InChI=1S/C14H18N2O3/c1-16-11-5-4-10(17)8-12(11)19-13(16)6-7-15-14(18)9-2-3-9/h4-5,8-9,13,17H,2-3,6-7H2,1H3,(H,15,18). The molecule has 1 aromatic rings. The van der Waals surface area contributed by atoms with E-state index in [2.05, 4.69) is 5.32 Å². The molecule has 2 N–H and O–H groups in total. The Labute approximate surface area is 112 Å². The summed E-state index contributed by atoms with van der Waals surface area (Å²) in [5.41, 5.74) is 0.969. The molecule has 5 nitrogen and oxygen atoms in total. The minimum absolute atomic E-state index is 0.0868. The van der Waals surface area contributed by atoms with Crippen molar-refractivity contribution in [2.45, 2.75) is 25.5 Å². The number of phenolic OH excluding ortho intramolecular Hbond substituents is 1. The number of carbonyl (C=O) groups is 1. The predicted molar refractivity (Wildman–Crippen MR) is 71.3 cm³/mol. The van der Waals surface area contributed by atoms with E-state index in [1.54, 1.807) is 12.1 Å². The van der Waals surface area contributed by atoms with E-state index in [4.69, 9.17) is 4.74 Å². The second-order valence-electron chi connectivity index (χ2n) is 5.19. The Balaban J connectivity index is 1.54. The number of rotatable bonds is 4. The third kappa shape index (κ3) is 2.45. The highest BCUT2D eigenvalue weighted by Crippen LogP contribution is 2.39. The van der Waals surface area contributed by atoms with Crippen molar-refractivity contribution < 1.29 is 14.6 Å². The second kappa shape index (κ2) is 4.64. The van der Waals surface area contributed by atoms with Gasteiger partial charge in [0.15, 0.2) is 6.23 Å². The minimum Gasteiger partial charge on any atom is -0.508 e. The van der Waals surface area contributed by atoms with E-state index in [0.717, 1.165) is 24.9 Å². The van der Waals surface area contributed by atoms with Gasteiger partial charge in [0.1, 0.15) is 11.5 Å². The number of hydrogen-bond donors (Lipinski definition) is 2. The molecular formula is C14H18N2O3. The molecule has 102 valence electrons. The highest BCUT2D eigenvalue weighted by Gasteiger charge is 2.31. The van der Waals surface area contributed by atoms with E-state index in [0.29, 0.717) is 12.3 Å². The van der Waals surface area contributed by atoms with Crippen LogP contribution in [0.4, 0.5) is 5.69 Å². The Morgan fingerprint density at radius 3 is 3.05 bits per heavy atom. The van der Waals surface area contributed by atoms with Crippen LogP contribution in [0.15, 0.2) is 18.2 Å². The number of anilines is 1. The summed E-state index contributed by atoms with van der Waals surface area (Å²) in [7, 11) is 1.95. The Morgan fingerprint density at radius 2 is 2.32 bits per heavy atom. The summed E-state index contributed by atoms with van der Waals surface area (Å²) in [6, 6.07) is 5.11. The average Bonchev–Trinajstić information content (AvgIpc) is 3.17. The molecule has 1 heterocycles. The number of carbonyl (C=O) groups excluding carboxylic acids is 1. The first-order valence-electron chi connectivity index (χ1n) is 6.65. The quantitative estimate of drug-likeness (QED) is 0.862. The number of fused-ring (bicyclic) bond motifs is 1. The van der Waals surface area contributed by atoms with Crippen LogP contribution in [-0.2, 0) is 4.79 Å². The van der Waals surface area contributed by atoms with Crippen molar-refractivity contribution in [2.24, 2.45) is 5.92 Å². The SMILES string of the molecule is CN1c2ccc(O)cc2OC1CCNC(=O)C1CC1. The molecular weight excluding hydrogens is 244 g/mol. The highest BCUT2D eigenvalue weighted by molar-refractivity contribution is 5.80. The van der Waals surface area contributed by atoms with Gasteiger partial charge in [-0.2, -0.15) is 0 Å². The lowest BCUT2D eigenvalue weighted by Gasteiger charge is -2.20. The number of ether oxygens (including phenoxy) is 1. The van der Waals surface area contributed by atoms with Crippen LogP contribution in [-0.4, -0.2) is 30.8 Å². The summed E-state index contributed by atoms with van der Waals surface area (Å²) >= 11 is 0. The molecule has 3 rings (SSSR count). The molecule has 1 aliphatic carbocycles. The summed E-state index contributed by atoms with van der Waals surface area (Å²) in [4.78, 5) is 13.6. The van der Waals surface area contributed by atoms with Crippen molar-refractivity contribution in [3.05, 3.63) is 18.2 Å². The van der Waals surface area contributed by atoms with Crippen LogP contribution in [0.25, 0.3) is 0 Å². The first-order valence-corrected chi connectivity index (χ1v) is 6.65. The van der Waals surface area contributed by atoms with E-state index >= 15 is 0 Å². The van der Waals surface area contributed by atoms with Crippen molar-refractivity contribution in [3.63, 3.8) is 0 Å². The maximum atomic E-state index is 11.5. The van der Waals surface area contributed by atoms with E-state index < -0.39 is 0 Å². The average molecular weight is 262 g/mol. The Hall–Kier alpha value is -1.91. The molecule has 19 heavy (non-hydrogen) atoms. The van der Waals surface area contributed by atoms with Crippen molar-refractivity contribution in [3.8, 4) is 11.5 Å². The highest BCUT2D eigenvalue weighted by atomic mass is 16.5. The first kappa shape index (κ1) is 12.1. The summed E-state index contributed by atoms with van der Waals surface area (Å²) < 4.78 is 5.77. The maximum Gasteiger partial charge on any atom is 0.223 e. The van der Waals surface area contributed by atoms with E-state index in [9.17, 15) is 9.90 Å². The van der Waals surface area contributed by atoms with Crippen molar-refractivity contribution in [2.75, 3.05) is 18.5 Å². The molecule has 0 saturated heterocycles. The van der Waals surface area contributed by atoms with Crippen LogP contribution in [0.1, 0.15) is 19.3 Å². The number of phenols is 1. The molecule has 1 atom stereocenters. The topological polar surface area (TPSA) is 61.8 Å². The van der Waals surface area contributed by atoms with Crippen LogP contribution in [0.5, 0.6) is 11.5 Å². The summed E-state index contributed by atoms with van der Waals surface area (Å²) in [5.74, 6) is 1.31. The fourth-order valence-electron chi connectivity index (χ4n) is 2.33. The largest absolute Gasteiger partial charge is 0.508 e. The van der Waals surface area contributed by atoms with Crippen LogP contribution in [0.3, 0.4) is 0 Å². The molecule has 0 aromatic heterocycles. The van der Waals surface area contributed by atoms with E-state index in [-0.39, 0.29) is 23.8 Å². The second-order valence-corrected chi connectivity index (χ2v) is 5.19. The normalized spacial score (nSPS) is 20.9. The van der Waals surface area contributed by atoms with Gasteiger partial charge < -0.3 is 20.1 Å². The molecule has 0 bridgehead atoms. The zero-order valence-corrected chi connectivity index (χ0v) is 10.9. The van der Waals surface area contributed by atoms with Gasteiger partial charge in [-0.3, -0.25) is 4.79 Å². The van der Waals surface area contributed by atoms with Gasteiger partial charge >= 0.3 is 0 Å². The van der Waals surface area contributed by atoms with Gasteiger partial charge in [-0.15, -0.1) is 0 Å². The molecule has 0 spiro atoms.